The van der Waals surface area contributed by atoms with Crippen LogP contribution < -0.4 is 10.6 Å². The smallest absolute Gasteiger partial charge is 0.255 e. The predicted molar refractivity (Wildman–Crippen MR) is 228 cm³/mol. The fraction of sp³-hybridized carbons (Fsp3) is 0.326. The Morgan fingerprint density at radius 2 is 1.50 bits per heavy atom. The topological polar surface area (TPSA) is 181 Å². The molecule has 1 atom stereocenters. The van der Waals surface area contributed by atoms with Crippen LogP contribution in [0.25, 0.3) is 10.9 Å². The lowest BCUT2D eigenvalue weighted by molar-refractivity contribution is -0.117. The Morgan fingerprint density at radius 1 is 0.817 bits per heavy atom. The van der Waals surface area contributed by atoms with Crippen molar-refractivity contribution in [1.29, 1.82) is 0 Å². The van der Waals surface area contributed by atoms with E-state index in [9.17, 15) is 24.3 Å². The lowest BCUT2D eigenvalue weighted by Crippen LogP contribution is -2.36. The number of H-pyrrole nitrogens is 1. The maximum absolute atomic E-state index is 12.9. The molecule has 6 rings (SSSR count). The van der Waals surface area contributed by atoms with E-state index in [0.717, 1.165) is 34.0 Å². The molecular formula is C46H51N5O9. The molecule has 314 valence electrons. The van der Waals surface area contributed by atoms with Crippen LogP contribution in [0.4, 0.5) is 11.4 Å². The summed E-state index contributed by atoms with van der Waals surface area (Å²) in [5, 5.41) is 18.0. The number of carbonyl (C=O) groups is 4. The van der Waals surface area contributed by atoms with Crippen molar-refractivity contribution in [2.24, 2.45) is 4.99 Å². The average Bonchev–Trinajstić information content (AvgIpc) is 3.79. The molecule has 0 saturated carbocycles. The van der Waals surface area contributed by atoms with Crippen molar-refractivity contribution >= 4 is 52.4 Å². The number of aliphatic imine (C=N–C) groups is 1. The number of ether oxygens (including phenoxy) is 4. The minimum absolute atomic E-state index is 0.0874. The van der Waals surface area contributed by atoms with Gasteiger partial charge in [0.2, 0.25) is 5.91 Å². The molecule has 60 heavy (non-hydrogen) atoms. The van der Waals surface area contributed by atoms with Gasteiger partial charge in [-0.15, -0.1) is 0 Å². The second-order valence-corrected chi connectivity index (χ2v) is 14.0. The van der Waals surface area contributed by atoms with Gasteiger partial charge in [-0.2, -0.15) is 0 Å². The highest BCUT2D eigenvalue weighted by molar-refractivity contribution is 6.21. The molecule has 14 heteroatoms. The van der Waals surface area contributed by atoms with Gasteiger partial charge in [0.25, 0.3) is 5.91 Å². The van der Waals surface area contributed by atoms with Gasteiger partial charge in [0.05, 0.1) is 82.3 Å². The number of aromatic nitrogens is 1. The van der Waals surface area contributed by atoms with Gasteiger partial charge in [0.1, 0.15) is 12.6 Å². The Morgan fingerprint density at radius 3 is 2.22 bits per heavy atom. The lowest BCUT2D eigenvalue weighted by atomic mass is 10.0. The third-order valence-corrected chi connectivity index (χ3v) is 9.90. The molecule has 4 N–H and O–H groups in total. The first-order chi connectivity index (χ1) is 29.5. The third-order valence-electron chi connectivity index (χ3n) is 9.90. The van der Waals surface area contributed by atoms with Crippen LogP contribution in [0.2, 0.25) is 0 Å². The molecule has 0 aliphatic carbocycles. The number of fused-ring (bicyclic) bond motifs is 2. The first-order valence-electron chi connectivity index (χ1n) is 20.1. The van der Waals surface area contributed by atoms with Crippen molar-refractivity contribution in [3.8, 4) is 5.88 Å². The monoisotopic (exact) mass is 817 g/mol. The number of nitrogens with one attached hydrogen (secondary N) is 3. The Bertz CT molecular complexity index is 2210. The maximum Gasteiger partial charge on any atom is 0.255 e. The Hall–Kier alpha value is -6.03. The van der Waals surface area contributed by atoms with E-state index in [4.69, 9.17) is 23.9 Å². The van der Waals surface area contributed by atoms with Crippen LogP contribution >= 0.6 is 0 Å². The van der Waals surface area contributed by atoms with Crippen molar-refractivity contribution in [3.63, 3.8) is 0 Å². The third kappa shape index (κ3) is 12.0. The fourth-order valence-electron chi connectivity index (χ4n) is 6.84. The van der Waals surface area contributed by atoms with Gasteiger partial charge in [-0.3, -0.25) is 9.59 Å². The standard InChI is InChI=1S/C46H51N5O9/c52-21-7-10-36(32-53)51-31-39-37(46(51)56)12-6-14-41(39)49-42(54)19-22-57-24-26-59-28-29-60-27-25-58-23-20-47-30-33-15-17-35(18-16-33)48-44(34-8-2-1-3-9-34)43-38-11-4-5-13-40(38)50-45(43)55/h1-6,8-9,11-18,21,32,36,47,50,55H,7,10,19-20,22-31H2,(H,49,54). The summed E-state index contributed by atoms with van der Waals surface area (Å²) in [7, 11) is 0. The summed E-state index contributed by atoms with van der Waals surface area (Å²) in [4.78, 5) is 57.3. The van der Waals surface area contributed by atoms with Gasteiger partial charge in [0.15, 0.2) is 5.88 Å². The van der Waals surface area contributed by atoms with E-state index in [1.165, 1.54) is 4.90 Å². The molecule has 0 radical (unpaired) electrons. The van der Waals surface area contributed by atoms with Crippen LogP contribution in [0.15, 0.2) is 102 Å². The number of hydrogen-bond donors (Lipinski definition) is 4. The van der Waals surface area contributed by atoms with Crippen LogP contribution in [0.1, 0.15) is 51.9 Å². The summed E-state index contributed by atoms with van der Waals surface area (Å²) in [6, 6.07) is 30.1. The van der Waals surface area contributed by atoms with Gasteiger partial charge in [-0.1, -0.05) is 66.7 Å². The quantitative estimate of drug-likeness (QED) is 0.0306. The number of nitrogens with zero attached hydrogens (tertiary/aromatic N) is 2. The van der Waals surface area contributed by atoms with Crippen molar-refractivity contribution < 1.29 is 43.2 Å². The van der Waals surface area contributed by atoms with E-state index >= 15 is 0 Å². The lowest BCUT2D eigenvalue weighted by Gasteiger charge is -2.22. The summed E-state index contributed by atoms with van der Waals surface area (Å²) in [5.41, 5.74) is 6.62. The first kappa shape index (κ1) is 43.5. The number of amides is 2. The number of benzene rings is 4. The molecule has 1 aliphatic rings. The number of carbonyl (C=O) groups excluding carboxylic acids is 4. The zero-order chi connectivity index (χ0) is 41.9. The molecule has 0 saturated heterocycles. The van der Waals surface area contributed by atoms with Crippen LogP contribution in [0, 0.1) is 0 Å². The molecule has 5 aromatic rings. The largest absolute Gasteiger partial charge is 0.494 e. The molecule has 2 amide bonds. The summed E-state index contributed by atoms with van der Waals surface area (Å²) >= 11 is 0. The molecule has 1 aliphatic heterocycles. The van der Waals surface area contributed by atoms with E-state index < -0.39 is 6.04 Å². The number of anilines is 1. The highest BCUT2D eigenvalue weighted by Crippen LogP contribution is 2.33. The zero-order valence-corrected chi connectivity index (χ0v) is 33.5. The minimum Gasteiger partial charge on any atom is -0.494 e. The first-order valence-corrected chi connectivity index (χ1v) is 20.1. The number of hydrogen-bond acceptors (Lipinski definition) is 11. The van der Waals surface area contributed by atoms with Gasteiger partial charge in [-0.25, -0.2) is 4.99 Å². The second-order valence-electron chi connectivity index (χ2n) is 14.0. The highest BCUT2D eigenvalue weighted by Gasteiger charge is 2.34. The molecular weight excluding hydrogens is 767 g/mol. The number of para-hydroxylation sites is 1. The normalized spacial score (nSPS) is 13.1. The average molecular weight is 818 g/mol. The van der Waals surface area contributed by atoms with Crippen LogP contribution in [0.3, 0.4) is 0 Å². The van der Waals surface area contributed by atoms with Crippen LogP contribution in [0.5, 0.6) is 5.88 Å². The summed E-state index contributed by atoms with van der Waals surface area (Å²) in [6.07, 6.45) is 1.97. The molecule has 1 aromatic heterocycles. The Kier molecular flexibility index (Phi) is 16.6. The van der Waals surface area contributed by atoms with Crippen molar-refractivity contribution in [2.75, 3.05) is 64.7 Å². The van der Waals surface area contributed by atoms with E-state index in [1.54, 1.807) is 18.2 Å². The Balaban J connectivity index is 0.782. The van der Waals surface area contributed by atoms with Gasteiger partial charge in [-0.05, 0) is 42.3 Å². The predicted octanol–water partition coefficient (Wildman–Crippen LogP) is 5.73. The van der Waals surface area contributed by atoms with Gasteiger partial charge >= 0.3 is 0 Å². The number of aromatic hydroxyl groups is 1. The second kappa shape index (κ2) is 22.9. The van der Waals surface area contributed by atoms with Gasteiger partial charge < -0.3 is 54.2 Å². The van der Waals surface area contributed by atoms with E-state index in [2.05, 4.69) is 15.6 Å². The molecule has 2 heterocycles. The number of aldehydes is 2. The molecule has 14 nitrogen and oxygen atoms in total. The highest BCUT2D eigenvalue weighted by atomic mass is 16.6. The zero-order valence-electron chi connectivity index (χ0n) is 33.5. The summed E-state index contributed by atoms with van der Waals surface area (Å²) < 4.78 is 22.3. The maximum atomic E-state index is 12.9. The van der Waals surface area contributed by atoms with Crippen LogP contribution in [-0.2, 0) is 46.4 Å². The molecule has 0 spiro atoms. The number of aromatic amines is 1. The van der Waals surface area contributed by atoms with E-state index in [-0.39, 0.29) is 50.1 Å². The van der Waals surface area contributed by atoms with Crippen molar-refractivity contribution in [3.05, 3.63) is 125 Å². The van der Waals surface area contributed by atoms with Gasteiger partial charge in [0, 0.05) is 59.3 Å². The molecule has 0 fully saturated rings. The van der Waals surface area contributed by atoms with Crippen LogP contribution in [-0.4, -0.2) is 111 Å². The summed E-state index contributed by atoms with van der Waals surface area (Å²) in [6.45, 7) is 4.73. The molecule has 1 unspecified atom stereocenters. The Labute approximate surface area is 348 Å². The summed E-state index contributed by atoms with van der Waals surface area (Å²) in [5.74, 6) is -0.464. The van der Waals surface area contributed by atoms with Crippen molar-refractivity contribution in [2.45, 2.75) is 38.4 Å². The van der Waals surface area contributed by atoms with E-state index in [0.29, 0.717) is 93.7 Å². The fourth-order valence-corrected chi connectivity index (χ4v) is 6.84. The number of rotatable bonds is 26. The van der Waals surface area contributed by atoms with Crippen molar-refractivity contribution in [1.82, 2.24) is 15.2 Å². The SMILES string of the molecule is O=CCCC(C=O)N1Cc2c(NC(=O)CCOCCOCCOCCOCCNCc3ccc(N=C(c4ccccc4)c4c(O)[nH]c5ccccc45)cc3)cccc2C1=O. The minimum atomic E-state index is -0.698. The molecule has 0 bridgehead atoms. The molecule has 4 aromatic carbocycles. The van der Waals surface area contributed by atoms with E-state index in [1.807, 2.05) is 78.9 Å².